The third-order valence-corrected chi connectivity index (χ3v) is 1.40. The van der Waals surface area contributed by atoms with Gasteiger partial charge in [-0.2, -0.15) is 5.90 Å². The van der Waals surface area contributed by atoms with Crippen molar-refractivity contribution in [3.05, 3.63) is 0 Å². The number of nitrogens with two attached hydrogens (primary N) is 1. The largest absolute Gasteiger partial charge is 0.396 e. The molecule has 0 fully saturated rings. The van der Waals surface area contributed by atoms with Crippen LogP contribution in [-0.2, 0) is 9.63 Å². The van der Waals surface area contributed by atoms with Crippen LogP contribution in [0.2, 0.25) is 0 Å². The number of carbonyl (C=O) groups is 1. The standard InChI is InChI=1S/C6H13NO4/c7-11-6(10)5(1-3-8)2-4-9/h5,8-9H,1-4,7H2. The Hall–Kier alpha value is -0.650. The molecule has 11 heavy (non-hydrogen) atoms. The van der Waals surface area contributed by atoms with Gasteiger partial charge in [-0.05, 0) is 12.8 Å². The van der Waals surface area contributed by atoms with Gasteiger partial charge in [0, 0.05) is 13.2 Å². The minimum atomic E-state index is -0.590. The average molecular weight is 163 g/mol. The maximum Gasteiger partial charge on any atom is 0.327 e. The first-order valence-electron chi connectivity index (χ1n) is 3.38. The van der Waals surface area contributed by atoms with Gasteiger partial charge in [0.2, 0.25) is 0 Å². The quantitative estimate of drug-likeness (QED) is 0.442. The minimum absolute atomic E-state index is 0.111. The number of hydrogen-bond acceptors (Lipinski definition) is 5. The van der Waals surface area contributed by atoms with Crippen molar-refractivity contribution in [2.45, 2.75) is 12.8 Å². The second kappa shape index (κ2) is 6.09. The number of aliphatic hydroxyl groups excluding tert-OH is 2. The molecule has 0 heterocycles. The Morgan fingerprint density at radius 1 is 1.36 bits per heavy atom. The van der Waals surface area contributed by atoms with Crippen LogP contribution in [0, 0.1) is 5.92 Å². The van der Waals surface area contributed by atoms with Crippen molar-refractivity contribution in [3.8, 4) is 0 Å². The van der Waals surface area contributed by atoms with Crippen molar-refractivity contribution in [1.82, 2.24) is 0 Å². The summed E-state index contributed by atoms with van der Waals surface area (Å²) in [5.41, 5.74) is 0. The second-order valence-corrected chi connectivity index (χ2v) is 2.16. The van der Waals surface area contributed by atoms with Gasteiger partial charge in [-0.15, -0.1) is 0 Å². The van der Waals surface area contributed by atoms with Crippen LogP contribution in [0.5, 0.6) is 0 Å². The summed E-state index contributed by atoms with van der Waals surface area (Å²) >= 11 is 0. The maximum absolute atomic E-state index is 10.7. The third-order valence-electron chi connectivity index (χ3n) is 1.40. The predicted molar refractivity (Wildman–Crippen MR) is 37.2 cm³/mol. The molecule has 0 saturated carbocycles. The number of carbonyl (C=O) groups excluding carboxylic acids is 1. The molecule has 4 N–H and O–H groups in total. The molecule has 5 nitrogen and oxygen atoms in total. The molecule has 5 heteroatoms. The Kier molecular flexibility index (Phi) is 5.73. The molecule has 0 radical (unpaired) electrons. The van der Waals surface area contributed by atoms with Crippen LogP contribution < -0.4 is 5.90 Å². The third kappa shape index (κ3) is 3.92. The van der Waals surface area contributed by atoms with E-state index < -0.39 is 11.9 Å². The van der Waals surface area contributed by atoms with Crippen LogP contribution in [0.4, 0.5) is 0 Å². The van der Waals surface area contributed by atoms with Crippen molar-refractivity contribution in [2.75, 3.05) is 13.2 Å². The molecule has 0 aliphatic heterocycles. The first-order valence-corrected chi connectivity index (χ1v) is 3.38. The topological polar surface area (TPSA) is 92.8 Å². The normalized spacial score (nSPS) is 10.2. The monoisotopic (exact) mass is 163 g/mol. The highest BCUT2D eigenvalue weighted by Crippen LogP contribution is 2.08. The van der Waals surface area contributed by atoms with E-state index >= 15 is 0 Å². The molecule has 0 aromatic carbocycles. The highest BCUT2D eigenvalue weighted by molar-refractivity contribution is 5.71. The Balaban J connectivity index is 3.76. The SMILES string of the molecule is NOC(=O)C(CCO)CCO. The molecule has 0 bridgehead atoms. The highest BCUT2D eigenvalue weighted by atomic mass is 16.7. The smallest absolute Gasteiger partial charge is 0.327 e. The van der Waals surface area contributed by atoms with Crippen LogP contribution in [0.15, 0.2) is 0 Å². The Morgan fingerprint density at radius 3 is 2.09 bits per heavy atom. The van der Waals surface area contributed by atoms with Crippen LogP contribution in [0.25, 0.3) is 0 Å². The minimum Gasteiger partial charge on any atom is -0.396 e. The maximum atomic E-state index is 10.7. The number of hydrogen-bond donors (Lipinski definition) is 3. The lowest BCUT2D eigenvalue weighted by Crippen LogP contribution is -2.22. The van der Waals surface area contributed by atoms with E-state index in [1.807, 2.05) is 0 Å². The Morgan fingerprint density at radius 2 is 1.82 bits per heavy atom. The van der Waals surface area contributed by atoms with Crippen LogP contribution in [0.3, 0.4) is 0 Å². The number of rotatable bonds is 5. The van der Waals surface area contributed by atoms with Crippen molar-refractivity contribution in [2.24, 2.45) is 11.8 Å². The zero-order valence-corrected chi connectivity index (χ0v) is 6.19. The number of aliphatic hydroxyl groups is 2. The highest BCUT2D eigenvalue weighted by Gasteiger charge is 2.17. The van der Waals surface area contributed by atoms with Gasteiger partial charge in [-0.3, -0.25) is 4.79 Å². The van der Waals surface area contributed by atoms with Crippen molar-refractivity contribution >= 4 is 5.97 Å². The van der Waals surface area contributed by atoms with E-state index in [2.05, 4.69) is 10.7 Å². The van der Waals surface area contributed by atoms with E-state index in [0.29, 0.717) is 0 Å². The molecular formula is C6H13NO4. The van der Waals surface area contributed by atoms with E-state index in [0.717, 1.165) is 0 Å². The lowest BCUT2D eigenvalue weighted by Gasteiger charge is -2.09. The summed E-state index contributed by atoms with van der Waals surface area (Å²) in [6.45, 7) is -0.223. The molecule has 0 aromatic rings. The molecule has 0 aliphatic carbocycles. The van der Waals surface area contributed by atoms with E-state index in [1.54, 1.807) is 0 Å². The average Bonchev–Trinajstić information content (AvgIpc) is 2.03. The molecule has 0 amide bonds. The van der Waals surface area contributed by atoms with Crippen LogP contribution >= 0.6 is 0 Å². The molecule has 0 atom stereocenters. The molecule has 0 rings (SSSR count). The van der Waals surface area contributed by atoms with Gasteiger partial charge in [0.05, 0.1) is 5.92 Å². The fourth-order valence-corrected chi connectivity index (χ4v) is 0.788. The van der Waals surface area contributed by atoms with E-state index in [1.165, 1.54) is 0 Å². The summed E-state index contributed by atoms with van der Waals surface area (Å²) in [7, 11) is 0. The summed E-state index contributed by atoms with van der Waals surface area (Å²) in [6, 6.07) is 0. The molecule has 0 aliphatic rings. The molecule has 0 aromatic heterocycles. The van der Waals surface area contributed by atoms with E-state index in [4.69, 9.17) is 10.2 Å². The first-order chi connectivity index (χ1) is 5.26. The summed E-state index contributed by atoms with van der Waals surface area (Å²) in [5, 5.41) is 17.0. The zero-order valence-electron chi connectivity index (χ0n) is 6.19. The van der Waals surface area contributed by atoms with Crippen LogP contribution in [0.1, 0.15) is 12.8 Å². The first kappa shape index (κ1) is 10.3. The van der Waals surface area contributed by atoms with Crippen molar-refractivity contribution in [1.29, 1.82) is 0 Å². The fourth-order valence-electron chi connectivity index (χ4n) is 0.788. The summed E-state index contributed by atoms with van der Waals surface area (Å²) in [6.07, 6.45) is 0.549. The fraction of sp³-hybridized carbons (Fsp3) is 0.833. The van der Waals surface area contributed by atoms with Gasteiger partial charge >= 0.3 is 5.97 Å². The van der Waals surface area contributed by atoms with Crippen LogP contribution in [-0.4, -0.2) is 29.4 Å². The van der Waals surface area contributed by atoms with Crippen molar-refractivity contribution in [3.63, 3.8) is 0 Å². The second-order valence-electron chi connectivity index (χ2n) is 2.16. The van der Waals surface area contributed by atoms with Gasteiger partial charge in [0.15, 0.2) is 0 Å². The zero-order chi connectivity index (χ0) is 8.69. The lowest BCUT2D eigenvalue weighted by atomic mass is 10.0. The predicted octanol–water partition coefficient (Wildman–Crippen LogP) is -1.22. The molecule has 66 valence electrons. The van der Waals surface area contributed by atoms with Crippen molar-refractivity contribution < 1.29 is 19.8 Å². The van der Waals surface area contributed by atoms with Gasteiger partial charge in [0.1, 0.15) is 0 Å². The van der Waals surface area contributed by atoms with Gasteiger partial charge in [-0.25, -0.2) is 0 Å². The van der Waals surface area contributed by atoms with Gasteiger partial charge in [0.25, 0.3) is 0 Å². The summed E-state index contributed by atoms with van der Waals surface area (Å²) in [5.74, 6) is 3.54. The van der Waals surface area contributed by atoms with Gasteiger partial charge in [-0.1, -0.05) is 0 Å². The summed E-state index contributed by atoms with van der Waals surface area (Å²) < 4.78 is 0. The summed E-state index contributed by atoms with van der Waals surface area (Å²) in [4.78, 5) is 14.7. The molecular weight excluding hydrogens is 150 g/mol. The van der Waals surface area contributed by atoms with E-state index in [9.17, 15) is 4.79 Å². The molecule has 0 saturated heterocycles. The Labute approximate surface area is 64.7 Å². The molecule has 0 unspecified atom stereocenters. The lowest BCUT2D eigenvalue weighted by molar-refractivity contribution is -0.150. The molecule has 0 spiro atoms. The van der Waals surface area contributed by atoms with E-state index in [-0.39, 0.29) is 26.1 Å². The Bertz CT molecular complexity index is 111. The van der Waals surface area contributed by atoms with Gasteiger partial charge < -0.3 is 15.1 Å².